The van der Waals surface area contributed by atoms with E-state index >= 15 is 0 Å². The van der Waals surface area contributed by atoms with Gasteiger partial charge in [0, 0.05) is 11.1 Å². The molecule has 0 saturated heterocycles. The largest absolute Gasteiger partial charge is 0.480 e. The molecule has 0 fully saturated rings. The lowest BCUT2D eigenvalue weighted by Crippen LogP contribution is -2.38. The summed E-state index contributed by atoms with van der Waals surface area (Å²) < 4.78 is 5.86. The highest BCUT2D eigenvalue weighted by atomic mass is 16.5. The maximum absolute atomic E-state index is 11.1. The summed E-state index contributed by atoms with van der Waals surface area (Å²) in [5.41, 5.74) is 1.92. The van der Waals surface area contributed by atoms with Gasteiger partial charge in [-0.05, 0) is 19.1 Å². The summed E-state index contributed by atoms with van der Waals surface area (Å²) in [5, 5.41) is 12.3. The van der Waals surface area contributed by atoms with Crippen LogP contribution in [0.25, 0.3) is 0 Å². The molecule has 4 nitrogen and oxygen atoms in total. The number of rotatable bonds is 3. The lowest BCUT2D eigenvalue weighted by molar-refractivity contribution is -0.139. The van der Waals surface area contributed by atoms with E-state index in [-0.39, 0.29) is 6.04 Å². The second-order valence-electron chi connectivity index (χ2n) is 4.84. The molecule has 1 heterocycles. The second-order valence-corrected chi connectivity index (χ2v) is 4.84. The zero-order valence-electron chi connectivity index (χ0n) is 11.0. The number of fused-ring (bicyclic) bond motifs is 2. The molecule has 0 aliphatic carbocycles. The van der Waals surface area contributed by atoms with E-state index in [1.807, 2.05) is 48.5 Å². The highest BCUT2D eigenvalue weighted by Crippen LogP contribution is 2.42. The first-order chi connectivity index (χ1) is 9.66. The number of aliphatic carboxylic acids is 1. The number of nitrogens with one attached hydrogen (secondary N) is 1. The molecule has 1 aliphatic rings. The minimum Gasteiger partial charge on any atom is -0.480 e. The fourth-order valence-electron chi connectivity index (χ4n) is 2.41. The van der Waals surface area contributed by atoms with Crippen molar-refractivity contribution in [3.05, 3.63) is 59.7 Å². The first-order valence-electron chi connectivity index (χ1n) is 6.51. The molecule has 2 N–H and O–H groups in total. The minimum atomic E-state index is -0.869. The molecule has 2 aromatic carbocycles. The average molecular weight is 269 g/mol. The highest BCUT2D eigenvalue weighted by Gasteiger charge is 2.28. The summed E-state index contributed by atoms with van der Waals surface area (Å²) in [6.07, 6.45) is 0. The smallest absolute Gasteiger partial charge is 0.320 e. The van der Waals surface area contributed by atoms with Gasteiger partial charge in [-0.1, -0.05) is 36.4 Å². The van der Waals surface area contributed by atoms with Gasteiger partial charge in [0.25, 0.3) is 0 Å². The topological polar surface area (TPSA) is 58.6 Å². The van der Waals surface area contributed by atoms with E-state index < -0.39 is 12.0 Å². The molecule has 102 valence electrons. The van der Waals surface area contributed by atoms with Gasteiger partial charge < -0.3 is 9.84 Å². The van der Waals surface area contributed by atoms with Gasteiger partial charge in [-0.25, -0.2) is 0 Å². The normalized spacial score (nSPS) is 14.8. The summed E-state index contributed by atoms with van der Waals surface area (Å²) in [7, 11) is 0. The van der Waals surface area contributed by atoms with Crippen molar-refractivity contribution >= 4 is 5.97 Å². The summed E-state index contributed by atoms with van der Waals surface area (Å²) in [5.74, 6) is 0.661. The Bertz CT molecular complexity index is 608. The highest BCUT2D eigenvalue weighted by molar-refractivity contribution is 5.73. The van der Waals surface area contributed by atoms with Gasteiger partial charge in [-0.15, -0.1) is 0 Å². The number of benzene rings is 2. The molecule has 0 amide bonds. The number of carbonyl (C=O) groups is 1. The average Bonchev–Trinajstić information content (AvgIpc) is 2.46. The quantitative estimate of drug-likeness (QED) is 0.899. The Hall–Kier alpha value is -2.33. The maximum Gasteiger partial charge on any atom is 0.320 e. The molecular formula is C16H15NO3. The summed E-state index contributed by atoms with van der Waals surface area (Å²) in [6.45, 7) is 1.64. The molecule has 4 heteroatoms. The Morgan fingerprint density at radius 1 is 1.10 bits per heavy atom. The molecule has 0 radical (unpaired) electrons. The van der Waals surface area contributed by atoms with Crippen molar-refractivity contribution in [2.75, 3.05) is 0 Å². The van der Waals surface area contributed by atoms with Crippen molar-refractivity contribution in [3.63, 3.8) is 0 Å². The number of para-hydroxylation sites is 2. The van der Waals surface area contributed by atoms with E-state index in [4.69, 9.17) is 9.84 Å². The monoisotopic (exact) mass is 269 g/mol. The van der Waals surface area contributed by atoms with Crippen LogP contribution < -0.4 is 10.1 Å². The van der Waals surface area contributed by atoms with E-state index in [1.165, 1.54) is 0 Å². The molecule has 3 rings (SSSR count). The lowest BCUT2D eigenvalue weighted by Gasteiger charge is -2.30. The Balaban J connectivity index is 2.05. The molecule has 2 aromatic rings. The van der Waals surface area contributed by atoms with Gasteiger partial charge in [0.1, 0.15) is 17.5 Å². The van der Waals surface area contributed by atoms with E-state index in [1.54, 1.807) is 6.92 Å². The van der Waals surface area contributed by atoms with E-state index in [9.17, 15) is 4.79 Å². The third-order valence-electron chi connectivity index (χ3n) is 3.47. The Morgan fingerprint density at radius 3 is 2.10 bits per heavy atom. The van der Waals surface area contributed by atoms with Crippen molar-refractivity contribution in [2.24, 2.45) is 0 Å². The van der Waals surface area contributed by atoms with Crippen molar-refractivity contribution in [1.29, 1.82) is 0 Å². The van der Waals surface area contributed by atoms with E-state index in [2.05, 4.69) is 5.32 Å². The van der Waals surface area contributed by atoms with Crippen LogP contribution in [-0.4, -0.2) is 17.1 Å². The molecular weight excluding hydrogens is 254 g/mol. The van der Waals surface area contributed by atoms with Crippen LogP contribution in [-0.2, 0) is 4.79 Å². The first kappa shape index (κ1) is 12.7. The van der Waals surface area contributed by atoms with Gasteiger partial charge in [-0.2, -0.15) is 0 Å². The van der Waals surface area contributed by atoms with Crippen molar-refractivity contribution in [3.8, 4) is 11.5 Å². The van der Waals surface area contributed by atoms with Crippen LogP contribution in [0.5, 0.6) is 11.5 Å². The van der Waals surface area contributed by atoms with E-state index in [0.717, 1.165) is 22.6 Å². The third kappa shape index (κ3) is 2.14. The lowest BCUT2D eigenvalue weighted by atomic mass is 9.94. The molecule has 1 unspecified atom stereocenters. The number of carboxylic acid groups (broad SMARTS) is 1. The van der Waals surface area contributed by atoms with Crippen molar-refractivity contribution in [1.82, 2.24) is 5.32 Å². The number of hydrogen-bond acceptors (Lipinski definition) is 3. The SMILES string of the molecule is CC(NC1c2ccccc2Oc2ccccc21)C(=O)O. The van der Waals surface area contributed by atoms with Gasteiger partial charge in [0.05, 0.1) is 6.04 Å². The van der Waals surface area contributed by atoms with Gasteiger partial charge in [0.2, 0.25) is 0 Å². The van der Waals surface area contributed by atoms with Crippen LogP contribution in [0, 0.1) is 0 Å². The van der Waals surface area contributed by atoms with Gasteiger partial charge >= 0.3 is 5.97 Å². The van der Waals surface area contributed by atoms with Crippen LogP contribution in [0.2, 0.25) is 0 Å². The van der Waals surface area contributed by atoms with Crippen LogP contribution in [0.1, 0.15) is 24.1 Å². The Kier molecular flexibility index (Phi) is 3.16. The van der Waals surface area contributed by atoms with Crippen molar-refractivity contribution in [2.45, 2.75) is 19.0 Å². The number of hydrogen-bond donors (Lipinski definition) is 2. The van der Waals surface area contributed by atoms with Crippen LogP contribution in [0.15, 0.2) is 48.5 Å². The maximum atomic E-state index is 11.1. The molecule has 0 aromatic heterocycles. The molecule has 0 saturated carbocycles. The first-order valence-corrected chi connectivity index (χ1v) is 6.51. The molecule has 1 atom stereocenters. The third-order valence-corrected chi connectivity index (χ3v) is 3.47. The summed E-state index contributed by atoms with van der Waals surface area (Å²) in [6, 6.07) is 14.6. The fraction of sp³-hybridized carbons (Fsp3) is 0.188. The predicted octanol–water partition coefficient (Wildman–Crippen LogP) is 2.94. The summed E-state index contributed by atoms with van der Waals surface area (Å²) >= 11 is 0. The molecule has 0 bridgehead atoms. The summed E-state index contributed by atoms with van der Waals surface area (Å²) in [4.78, 5) is 11.1. The van der Waals surface area contributed by atoms with E-state index in [0.29, 0.717) is 0 Å². The number of carboxylic acids is 1. The van der Waals surface area contributed by atoms with Gasteiger partial charge in [0.15, 0.2) is 0 Å². The van der Waals surface area contributed by atoms with Crippen molar-refractivity contribution < 1.29 is 14.6 Å². The van der Waals surface area contributed by atoms with Crippen LogP contribution in [0.4, 0.5) is 0 Å². The van der Waals surface area contributed by atoms with Crippen LogP contribution >= 0.6 is 0 Å². The van der Waals surface area contributed by atoms with Gasteiger partial charge in [-0.3, -0.25) is 10.1 Å². The number of ether oxygens (including phenoxy) is 1. The molecule has 1 aliphatic heterocycles. The fourth-order valence-corrected chi connectivity index (χ4v) is 2.41. The zero-order valence-corrected chi connectivity index (χ0v) is 11.0. The van der Waals surface area contributed by atoms with Crippen LogP contribution in [0.3, 0.4) is 0 Å². The zero-order chi connectivity index (χ0) is 14.1. The minimum absolute atomic E-state index is 0.178. The second kappa shape index (κ2) is 4.98. The standard InChI is InChI=1S/C16H15NO3/c1-10(16(18)19)17-15-11-6-2-4-8-13(11)20-14-9-5-3-7-12(14)15/h2-10,15,17H,1H3,(H,18,19). The predicted molar refractivity (Wildman–Crippen MR) is 75.0 cm³/mol. The Morgan fingerprint density at radius 2 is 1.60 bits per heavy atom. The molecule has 0 spiro atoms. The molecule has 20 heavy (non-hydrogen) atoms. The Labute approximate surface area is 117 Å².